The first-order valence-corrected chi connectivity index (χ1v) is 23.6. The molecule has 0 heterocycles. The fraction of sp³-hybridized carbons (Fsp3) is 1.00. The number of nitrogens with zero attached hydrogens (tertiary/aromatic N) is 10. The molecule has 10 nitrogen and oxygen atoms in total. The topological polar surface area (TPSA) is 50.6 Å². The number of rotatable bonds is 26. The first-order chi connectivity index (χ1) is 21.6. The van der Waals surface area contributed by atoms with E-state index in [1.807, 2.05) is 0 Å². The Morgan fingerprint density at radius 3 is 0.556 bits per heavy atom. The van der Waals surface area contributed by atoms with Crippen molar-refractivity contribution in [3.05, 3.63) is 0 Å². The summed E-state index contributed by atoms with van der Waals surface area (Å²) >= 11 is 0. The van der Waals surface area contributed by atoms with Crippen LogP contribution in [0.2, 0.25) is 0 Å². The molecule has 0 radical (unpaired) electrons. The molecule has 0 saturated heterocycles. The Bertz CT molecular complexity index is 711. The summed E-state index contributed by atoms with van der Waals surface area (Å²) in [5.74, 6) is 0. The van der Waals surface area contributed by atoms with Crippen LogP contribution >= 0.6 is 22.9 Å². The molecule has 0 amide bonds. The molecule has 0 atom stereocenters. The van der Waals surface area contributed by atoms with E-state index in [2.05, 4.69) is 148 Å². The second kappa shape index (κ2) is 23.1. The third-order valence-electron chi connectivity index (χ3n) is 9.36. The zero-order valence-electron chi connectivity index (χ0n) is 33.1. The summed E-state index contributed by atoms with van der Waals surface area (Å²) in [6.45, 7) is 52.8. The van der Waals surface area contributed by atoms with Gasteiger partial charge in [0.2, 0.25) is 15.0 Å². The zero-order chi connectivity index (χ0) is 34.8. The molecule has 0 N–H and O–H groups in total. The third kappa shape index (κ3) is 9.43. The van der Waals surface area contributed by atoms with Crippen LogP contribution in [-0.4, -0.2) is 142 Å². The van der Waals surface area contributed by atoms with Crippen molar-refractivity contribution in [3.63, 3.8) is 0 Å². The second-order valence-electron chi connectivity index (χ2n) is 10.9. The van der Waals surface area contributed by atoms with E-state index in [4.69, 9.17) is 9.03 Å². The van der Waals surface area contributed by atoms with Gasteiger partial charge in [0.25, 0.3) is 0 Å². The predicted molar refractivity (Wildman–Crippen MR) is 209 cm³/mol. The molecule has 0 rings (SSSR count). The van der Waals surface area contributed by atoms with Crippen molar-refractivity contribution < 1.29 is 0 Å². The molecule has 272 valence electrons. The molecule has 0 aliphatic heterocycles. The van der Waals surface area contributed by atoms with Gasteiger partial charge in [-0.05, 0) is 36.7 Å². The van der Waals surface area contributed by atoms with Crippen LogP contribution in [0.3, 0.4) is 0 Å². The van der Waals surface area contributed by atoms with E-state index in [1.165, 1.54) is 0 Å². The maximum Gasteiger partial charge on any atom is 0.404 e. The Morgan fingerprint density at radius 2 is 0.444 bits per heavy atom. The maximum absolute atomic E-state index is 6.62. The van der Waals surface area contributed by atoms with Crippen molar-refractivity contribution >= 4 is 22.9 Å². The quantitative estimate of drug-likeness (QED) is 0.0830. The van der Waals surface area contributed by atoms with Gasteiger partial charge in [-0.25, -0.2) is 28.0 Å². The standard InChI is InChI=1S/C32H80N10P3/c1-17-35(18-2)43(36(19-3)20-4,33-44(37(21-5)22-6,38(23-7)24-8)39(25-9)26-10)34-45(40(27-11)28-12,41(29-13)30-14)42(31-15)32-16/h17-32H2,1-16H3/q+1. The highest BCUT2D eigenvalue weighted by Gasteiger charge is 2.59. The lowest BCUT2D eigenvalue weighted by Crippen LogP contribution is -2.44. The lowest BCUT2D eigenvalue weighted by Gasteiger charge is -2.50. The minimum absolute atomic E-state index is 0.928. The highest BCUT2D eigenvalue weighted by atomic mass is 31.3. The summed E-state index contributed by atoms with van der Waals surface area (Å²) in [6, 6.07) is 0. The molecule has 0 aromatic carbocycles. The molecule has 0 fully saturated rings. The molecule has 0 unspecified atom stereocenters. The van der Waals surface area contributed by atoms with E-state index < -0.39 is 22.9 Å². The zero-order valence-corrected chi connectivity index (χ0v) is 35.8. The summed E-state index contributed by atoms with van der Waals surface area (Å²) < 4.78 is 35.0. The summed E-state index contributed by atoms with van der Waals surface area (Å²) in [4.78, 5) is 0. The van der Waals surface area contributed by atoms with Crippen LogP contribution < -0.4 is 0 Å². The average molecular weight is 698 g/mol. The van der Waals surface area contributed by atoms with Gasteiger partial charge in [-0.3, -0.25) is 0 Å². The molecule has 45 heavy (non-hydrogen) atoms. The third-order valence-corrected chi connectivity index (χ3v) is 23.8. The van der Waals surface area contributed by atoms with E-state index in [-0.39, 0.29) is 0 Å². The SMILES string of the molecule is CCN(CC)P(=N[P+](N=P(N(CC)CC)(N(CC)CC)N(CC)CC)(N(CC)CC)N(CC)CC)(N(CC)CC)N(CC)CC. The smallest absolute Gasteiger partial charge is 0.243 e. The maximum atomic E-state index is 6.62. The van der Waals surface area contributed by atoms with Gasteiger partial charge in [0, 0.05) is 105 Å². The number of hydrogen-bond acceptors (Lipinski definition) is 4. The normalized spacial score (nSPS) is 13.7. The van der Waals surface area contributed by atoms with E-state index in [0.717, 1.165) is 105 Å². The first kappa shape index (κ1) is 45.6. The van der Waals surface area contributed by atoms with E-state index in [9.17, 15) is 0 Å². The van der Waals surface area contributed by atoms with Gasteiger partial charge in [-0.1, -0.05) is 83.1 Å². The van der Waals surface area contributed by atoms with Gasteiger partial charge in [0.15, 0.2) is 0 Å². The summed E-state index contributed by atoms with van der Waals surface area (Å²) in [5.41, 5.74) is 0. The Hall–Kier alpha value is 0.570. The van der Waals surface area contributed by atoms with Gasteiger partial charge < -0.3 is 0 Å². The van der Waals surface area contributed by atoms with Crippen molar-refractivity contribution in [2.75, 3.05) is 105 Å². The van der Waals surface area contributed by atoms with Crippen molar-refractivity contribution in [3.8, 4) is 0 Å². The molecule has 0 aromatic rings. The fourth-order valence-electron chi connectivity index (χ4n) is 6.98. The summed E-state index contributed by atoms with van der Waals surface area (Å²) in [6.07, 6.45) is 0. The lowest BCUT2D eigenvalue weighted by atomic mass is 10.7. The van der Waals surface area contributed by atoms with Gasteiger partial charge in [0.1, 0.15) is 0 Å². The Morgan fingerprint density at radius 1 is 0.289 bits per heavy atom. The van der Waals surface area contributed by atoms with Crippen LogP contribution in [0.25, 0.3) is 0 Å². The Kier molecular flexibility index (Phi) is 23.4. The monoisotopic (exact) mass is 698 g/mol. The van der Waals surface area contributed by atoms with Gasteiger partial charge in [-0.2, -0.15) is 0 Å². The summed E-state index contributed by atoms with van der Waals surface area (Å²) in [7, 11) is -7.43. The minimum atomic E-state index is -2.68. The average Bonchev–Trinajstić information content (AvgIpc) is 3.05. The minimum Gasteiger partial charge on any atom is -0.243 e. The molecule has 0 aromatic heterocycles. The predicted octanol–water partition coefficient (Wildman–Crippen LogP) is 9.29. The van der Waals surface area contributed by atoms with Gasteiger partial charge >= 0.3 is 7.87 Å². The molecule has 13 heteroatoms. The van der Waals surface area contributed by atoms with Crippen molar-refractivity contribution in [2.45, 2.75) is 111 Å². The van der Waals surface area contributed by atoms with Crippen molar-refractivity contribution in [2.24, 2.45) is 9.03 Å². The van der Waals surface area contributed by atoms with Crippen LogP contribution in [0.5, 0.6) is 0 Å². The van der Waals surface area contributed by atoms with Gasteiger partial charge in [-0.15, -0.1) is 9.34 Å². The molecule has 0 saturated carbocycles. The summed E-state index contributed by atoms with van der Waals surface area (Å²) in [5, 5.41) is 0. The molecule has 0 bridgehead atoms. The van der Waals surface area contributed by atoms with Gasteiger partial charge in [0.05, 0.1) is 0 Å². The van der Waals surface area contributed by atoms with Crippen LogP contribution in [0, 0.1) is 0 Å². The Balaban J connectivity index is 9.57. The van der Waals surface area contributed by atoms with Crippen LogP contribution in [-0.2, 0) is 0 Å². The first-order valence-electron chi connectivity index (χ1n) is 18.8. The second-order valence-corrected chi connectivity index (χ2v) is 20.1. The Labute approximate surface area is 284 Å². The van der Waals surface area contributed by atoms with Crippen LogP contribution in [0.4, 0.5) is 0 Å². The van der Waals surface area contributed by atoms with E-state index in [0.29, 0.717) is 0 Å². The molecular weight excluding hydrogens is 617 g/mol. The highest BCUT2D eigenvalue weighted by Crippen LogP contribution is 2.81. The van der Waals surface area contributed by atoms with E-state index in [1.54, 1.807) is 0 Å². The molecular formula is C32H80N10P3+. The molecule has 0 aliphatic rings. The highest BCUT2D eigenvalue weighted by molar-refractivity contribution is 7.80. The van der Waals surface area contributed by atoms with E-state index >= 15 is 0 Å². The lowest BCUT2D eigenvalue weighted by molar-refractivity contribution is 0.335. The fourth-order valence-corrected chi connectivity index (χ4v) is 23.1. The largest absolute Gasteiger partial charge is 0.404 e. The number of hydrogen-bond donors (Lipinski definition) is 0. The van der Waals surface area contributed by atoms with Crippen molar-refractivity contribution in [1.82, 2.24) is 37.4 Å². The molecule has 0 aliphatic carbocycles. The van der Waals surface area contributed by atoms with Crippen molar-refractivity contribution in [1.29, 1.82) is 0 Å². The van der Waals surface area contributed by atoms with Crippen LogP contribution in [0.1, 0.15) is 111 Å². The van der Waals surface area contributed by atoms with Crippen LogP contribution in [0.15, 0.2) is 9.03 Å². The molecule has 0 spiro atoms.